The lowest BCUT2D eigenvalue weighted by molar-refractivity contribution is -0.870. The van der Waals surface area contributed by atoms with Crippen LogP contribution in [0.15, 0.2) is 122 Å². The molecule has 0 aromatic carbocycles. The second-order valence-corrected chi connectivity index (χ2v) is 16.0. The summed E-state index contributed by atoms with van der Waals surface area (Å²) in [6.45, 7) is 3.82. The van der Waals surface area contributed by atoms with E-state index in [9.17, 15) is 19.0 Å². The van der Waals surface area contributed by atoms with E-state index in [0.717, 1.165) is 77.0 Å². The minimum atomic E-state index is -4.66. The molecule has 0 bridgehead atoms. The number of unbranched alkanes of at least 4 members (excludes halogenated alkanes) is 2. The van der Waals surface area contributed by atoms with Gasteiger partial charge in [-0.3, -0.25) is 14.2 Å². The van der Waals surface area contributed by atoms with Crippen LogP contribution in [0.2, 0.25) is 0 Å². The molecule has 0 aromatic rings. The predicted octanol–water partition coefficient (Wildman–Crippen LogP) is 11.5. The molecule has 0 fully saturated rings. The lowest BCUT2D eigenvalue weighted by Crippen LogP contribution is -2.37. The summed E-state index contributed by atoms with van der Waals surface area (Å²) in [6.07, 6.45) is 53.9. The second-order valence-electron chi connectivity index (χ2n) is 14.6. The smallest absolute Gasteiger partial charge is 0.306 e. The second kappa shape index (κ2) is 38.9. The maximum Gasteiger partial charge on any atom is 0.306 e. The molecular formula is C48H76NO8P. The molecule has 0 heterocycles. The summed E-state index contributed by atoms with van der Waals surface area (Å²) in [5.74, 6) is -0.998. The van der Waals surface area contributed by atoms with Gasteiger partial charge in [0.25, 0.3) is 7.82 Å². The average molecular weight is 826 g/mol. The lowest BCUT2D eigenvalue weighted by atomic mass is 10.2. The Bertz CT molecular complexity index is 1390. The molecule has 10 heteroatoms. The minimum Gasteiger partial charge on any atom is -0.756 e. The highest BCUT2D eigenvalue weighted by molar-refractivity contribution is 7.45. The van der Waals surface area contributed by atoms with Crippen LogP contribution in [0.25, 0.3) is 0 Å². The standard InChI is InChI=1S/C48H76NO8P/c1-6-8-10-12-14-16-18-20-22-23-24-25-27-29-31-33-35-37-39-41-48(51)57-46(45-56-58(52,53)55-43-42-49(3,4)5)44-54-47(50)40-38-36-34-32-30-28-26-21-19-17-15-13-11-9-7-2/h8-11,14-17,20-22,24-26,29-32,35,37,46H,6-7,12-13,18-19,23,27-28,33-34,36,38-45H2,1-5H3/b10-8-,11-9-,16-14-,17-15-,22-20-,25-24-,26-21-,31-29-,32-30-,37-35-. The summed E-state index contributed by atoms with van der Waals surface area (Å²) < 4.78 is 33.7. The quantitative estimate of drug-likeness (QED) is 0.0202. The Morgan fingerprint density at radius 2 is 0.948 bits per heavy atom. The number of quaternary nitrogens is 1. The molecule has 0 aromatic heterocycles. The summed E-state index contributed by atoms with van der Waals surface area (Å²) in [7, 11) is 1.07. The zero-order valence-corrected chi connectivity index (χ0v) is 37.3. The Morgan fingerprint density at radius 1 is 0.534 bits per heavy atom. The Balaban J connectivity index is 4.61. The summed E-state index contributed by atoms with van der Waals surface area (Å²) in [4.78, 5) is 37.5. The fourth-order valence-electron chi connectivity index (χ4n) is 4.73. The third-order valence-corrected chi connectivity index (χ3v) is 8.95. The summed E-state index contributed by atoms with van der Waals surface area (Å²) >= 11 is 0. The van der Waals surface area contributed by atoms with Crippen LogP contribution >= 0.6 is 7.82 Å². The van der Waals surface area contributed by atoms with E-state index >= 15 is 0 Å². The first-order chi connectivity index (χ1) is 28.0. The molecule has 2 atom stereocenters. The van der Waals surface area contributed by atoms with Crippen molar-refractivity contribution in [1.82, 2.24) is 0 Å². The molecule has 9 nitrogen and oxygen atoms in total. The van der Waals surface area contributed by atoms with Crippen LogP contribution in [0.5, 0.6) is 0 Å². The zero-order chi connectivity index (χ0) is 42.8. The van der Waals surface area contributed by atoms with Crippen LogP contribution in [-0.2, 0) is 32.7 Å². The molecule has 0 aliphatic heterocycles. The molecule has 0 saturated heterocycles. The number of nitrogens with zero attached hydrogens (tertiary/aromatic N) is 1. The van der Waals surface area contributed by atoms with Gasteiger partial charge in [-0.05, 0) is 89.9 Å². The topological polar surface area (TPSA) is 111 Å². The molecule has 326 valence electrons. The third-order valence-electron chi connectivity index (χ3n) is 7.99. The predicted molar refractivity (Wildman–Crippen MR) is 240 cm³/mol. The van der Waals surface area contributed by atoms with Crippen LogP contribution in [0.3, 0.4) is 0 Å². The lowest BCUT2D eigenvalue weighted by Gasteiger charge is -2.28. The molecule has 0 aliphatic rings. The molecular weight excluding hydrogens is 750 g/mol. The fourth-order valence-corrected chi connectivity index (χ4v) is 5.46. The molecule has 0 rings (SSSR count). The average Bonchev–Trinajstić information content (AvgIpc) is 3.17. The zero-order valence-electron chi connectivity index (χ0n) is 36.4. The van der Waals surface area contributed by atoms with Crippen LogP contribution in [-0.4, -0.2) is 70.0 Å². The van der Waals surface area contributed by atoms with E-state index in [1.807, 2.05) is 33.3 Å². The first-order valence-electron chi connectivity index (χ1n) is 21.2. The molecule has 0 spiro atoms. The van der Waals surface area contributed by atoms with Crippen LogP contribution in [0, 0.1) is 0 Å². The van der Waals surface area contributed by atoms with Crippen molar-refractivity contribution in [2.45, 2.75) is 123 Å². The molecule has 0 aliphatic carbocycles. The number of phosphoric ester groups is 1. The van der Waals surface area contributed by atoms with Crippen LogP contribution in [0.1, 0.15) is 117 Å². The molecule has 0 amide bonds. The number of allylic oxidation sites excluding steroid dienone is 20. The van der Waals surface area contributed by atoms with E-state index in [-0.39, 0.29) is 26.1 Å². The third kappa shape index (κ3) is 42.0. The highest BCUT2D eigenvalue weighted by atomic mass is 31.2. The van der Waals surface area contributed by atoms with Crippen molar-refractivity contribution >= 4 is 19.8 Å². The number of carbonyl (C=O) groups excluding carboxylic acids is 2. The first kappa shape index (κ1) is 54.4. The van der Waals surface area contributed by atoms with Gasteiger partial charge in [-0.15, -0.1) is 0 Å². The van der Waals surface area contributed by atoms with Crippen LogP contribution in [0.4, 0.5) is 0 Å². The van der Waals surface area contributed by atoms with E-state index in [1.54, 1.807) is 0 Å². The monoisotopic (exact) mass is 826 g/mol. The van der Waals surface area contributed by atoms with Crippen LogP contribution < -0.4 is 4.89 Å². The van der Waals surface area contributed by atoms with Gasteiger partial charge in [0.05, 0.1) is 27.7 Å². The van der Waals surface area contributed by atoms with Crippen molar-refractivity contribution in [3.05, 3.63) is 122 Å². The Labute approximate surface area is 352 Å². The molecule has 0 radical (unpaired) electrons. The van der Waals surface area contributed by atoms with Gasteiger partial charge in [0.2, 0.25) is 0 Å². The molecule has 0 saturated carbocycles. The highest BCUT2D eigenvalue weighted by Gasteiger charge is 2.21. The van der Waals surface area contributed by atoms with Crippen molar-refractivity contribution in [2.24, 2.45) is 0 Å². The number of ether oxygens (including phenoxy) is 2. The maximum absolute atomic E-state index is 12.6. The van der Waals surface area contributed by atoms with Gasteiger partial charge in [0.15, 0.2) is 6.10 Å². The van der Waals surface area contributed by atoms with Crippen molar-refractivity contribution < 1.29 is 42.1 Å². The van der Waals surface area contributed by atoms with E-state index in [4.69, 9.17) is 18.5 Å². The fraction of sp³-hybridized carbons (Fsp3) is 0.542. The number of esters is 2. The largest absolute Gasteiger partial charge is 0.756 e. The Kier molecular flexibility index (Phi) is 36.5. The Morgan fingerprint density at radius 3 is 1.38 bits per heavy atom. The van der Waals surface area contributed by atoms with E-state index in [0.29, 0.717) is 23.9 Å². The van der Waals surface area contributed by atoms with Crippen molar-refractivity contribution in [1.29, 1.82) is 0 Å². The summed E-state index contributed by atoms with van der Waals surface area (Å²) in [6, 6.07) is 0. The van der Waals surface area contributed by atoms with E-state index in [1.165, 1.54) is 0 Å². The molecule has 58 heavy (non-hydrogen) atoms. The molecule has 0 N–H and O–H groups in total. The summed E-state index contributed by atoms with van der Waals surface area (Å²) in [5.41, 5.74) is 0. The number of likely N-dealkylation sites (N-methyl/N-ethyl adjacent to an activating group) is 1. The van der Waals surface area contributed by atoms with Gasteiger partial charge in [-0.1, -0.05) is 135 Å². The summed E-state index contributed by atoms with van der Waals surface area (Å²) in [5, 5.41) is 0. The van der Waals surface area contributed by atoms with Gasteiger partial charge < -0.3 is 27.9 Å². The van der Waals surface area contributed by atoms with Gasteiger partial charge >= 0.3 is 11.9 Å². The highest BCUT2D eigenvalue weighted by Crippen LogP contribution is 2.38. The van der Waals surface area contributed by atoms with E-state index < -0.39 is 32.5 Å². The number of phosphoric acid groups is 1. The number of hydrogen-bond acceptors (Lipinski definition) is 8. The van der Waals surface area contributed by atoms with Gasteiger partial charge in [-0.2, -0.15) is 0 Å². The van der Waals surface area contributed by atoms with E-state index in [2.05, 4.69) is 123 Å². The van der Waals surface area contributed by atoms with Gasteiger partial charge in [0.1, 0.15) is 19.8 Å². The first-order valence-corrected chi connectivity index (χ1v) is 22.7. The van der Waals surface area contributed by atoms with Crippen molar-refractivity contribution in [3.63, 3.8) is 0 Å². The SMILES string of the molecule is CC/C=C\C/C=C\C/C=C\C/C=C\C/C=C\C/C=C\CCC(=O)OC(COC(=O)CCCC/C=C\C/C=C\C/C=C\C/C=C\CC)COP(=O)([O-])OCC[N+](C)(C)C. The minimum absolute atomic E-state index is 0.0589. The maximum atomic E-state index is 12.6. The number of rotatable bonds is 36. The molecule has 2 unspecified atom stereocenters. The van der Waals surface area contributed by atoms with Gasteiger partial charge in [0, 0.05) is 12.8 Å². The van der Waals surface area contributed by atoms with Crippen molar-refractivity contribution in [3.8, 4) is 0 Å². The number of carbonyl (C=O) groups is 2. The van der Waals surface area contributed by atoms with Gasteiger partial charge in [-0.25, -0.2) is 0 Å². The normalized spacial score (nSPS) is 14.8. The van der Waals surface area contributed by atoms with Crippen molar-refractivity contribution in [2.75, 3.05) is 47.5 Å². The Hall–Kier alpha value is -3.59. The number of hydrogen-bond donors (Lipinski definition) is 0.